The van der Waals surface area contributed by atoms with Gasteiger partial charge < -0.3 is 20.9 Å². The van der Waals surface area contributed by atoms with E-state index in [0.717, 1.165) is 17.7 Å². The maximum atomic E-state index is 14.9. The van der Waals surface area contributed by atoms with E-state index in [2.05, 4.69) is 20.4 Å². The third-order valence-corrected chi connectivity index (χ3v) is 9.05. The lowest BCUT2D eigenvalue weighted by Gasteiger charge is -2.38. The summed E-state index contributed by atoms with van der Waals surface area (Å²) < 4.78 is 61.0. The Bertz CT molecular complexity index is 1610. The van der Waals surface area contributed by atoms with Gasteiger partial charge in [0.25, 0.3) is 0 Å². The highest BCUT2D eigenvalue weighted by molar-refractivity contribution is 7.91. The fourth-order valence-corrected chi connectivity index (χ4v) is 7.39. The van der Waals surface area contributed by atoms with E-state index < -0.39 is 32.8 Å². The number of hydrogen-bond donors (Lipinski definition) is 3. The highest BCUT2D eigenvalue weighted by Crippen LogP contribution is 2.41. The summed E-state index contributed by atoms with van der Waals surface area (Å²) in [5.74, 6) is -1.61. The van der Waals surface area contributed by atoms with E-state index in [1.165, 1.54) is 16.8 Å². The number of benzene rings is 1. The minimum atomic E-state index is -3.29. The van der Waals surface area contributed by atoms with Crippen LogP contribution in [0.4, 0.5) is 20.4 Å². The van der Waals surface area contributed by atoms with Crippen LogP contribution in [0.25, 0.3) is 16.8 Å². The minimum absolute atomic E-state index is 0.0157. The molecule has 1 aliphatic carbocycles. The summed E-state index contributed by atoms with van der Waals surface area (Å²) in [6.45, 7) is 1.53. The smallest absolute Gasteiger partial charge is 0.229 e. The first-order valence-electron chi connectivity index (χ1n) is 12.8. The van der Waals surface area contributed by atoms with Crippen molar-refractivity contribution in [1.29, 1.82) is 0 Å². The first-order valence-corrected chi connectivity index (χ1v) is 14.8. The van der Waals surface area contributed by atoms with Crippen molar-refractivity contribution in [3.8, 4) is 17.0 Å². The summed E-state index contributed by atoms with van der Waals surface area (Å²) >= 11 is 0. The van der Waals surface area contributed by atoms with Gasteiger partial charge in [0.2, 0.25) is 5.95 Å². The van der Waals surface area contributed by atoms with Crippen LogP contribution >= 0.6 is 0 Å². The predicted octanol–water partition coefficient (Wildman–Crippen LogP) is 3.44. The largest absolute Gasteiger partial charge is 0.491 e. The average molecular weight is 573 g/mol. The normalized spacial score (nSPS) is 21.4. The molecule has 212 valence electrons. The molecule has 1 fully saturated rings. The number of anilines is 2. The Morgan fingerprint density at radius 2 is 1.93 bits per heavy atom. The number of fused-ring (bicyclic) bond motifs is 1. The molecule has 40 heavy (non-hydrogen) atoms. The summed E-state index contributed by atoms with van der Waals surface area (Å²) in [6.07, 6.45) is 7.23. The van der Waals surface area contributed by atoms with Crippen LogP contribution in [0.1, 0.15) is 31.2 Å². The highest BCUT2D eigenvalue weighted by atomic mass is 32.2. The van der Waals surface area contributed by atoms with Crippen molar-refractivity contribution in [2.45, 2.75) is 37.0 Å². The Kier molecular flexibility index (Phi) is 7.71. The van der Waals surface area contributed by atoms with Crippen LogP contribution in [0.2, 0.25) is 0 Å². The zero-order chi connectivity index (χ0) is 28.6. The topological polar surface area (TPSA) is 145 Å². The molecule has 5 rings (SSSR count). The van der Waals surface area contributed by atoms with Crippen molar-refractivity contribution in [1.82, 2.24) is 19.6 Å². The lowest BCUT2D eigenvalue weighted by Crippen LogP contribution is -2.48. The van der Waals surface area contributed by atoms with Crippen LogP contribution in [-0.2, 0) is 9.84 Å². The number of aromatic nitrogens is 4. The van der Waals surface area contributed by atoms with Gasteiger partial charge in [-0.1, -0.05) is 6.92 Å². The second-order valence-electron chi connectivity index (χ2n) is 10.2. The summed E-state index contributed by atoms with van der Waals surface area (Å²) in [6, 6.07) is 6.58. The predicted molar refractivity (Wildman–Crippen MR) is 146 cm³/mol. The van der Waals surface area contributed by atoms with Crippen molar-refractivity contribution >= 4 is 27.0 Å². The summed E-state index contributed by atoms with van der Waals surface area (Å²) in [4.78, 5) is 8.64. The maximum absolute atomic E-state index is 14.9. The molecule has 0 bridgehead atoms. The number of ether oxygens (including phenoxy) is 1. The number of halogens is 2. The van der Waals surface area contributed by atoms with Gasteiger partial charge in [-0.05, 0) is 48.4 Å². The van der Waals surface area contributed by atoms with Gasteiger partial charge in [0.1, 0.15) is 24.0 Å². The first kappa shape index (κ1) is 27.9. The van der Waals surface area contributed by atoms with Gasteiger partial charge in [-0.25, -0.2) is 22.2 Å². The van der Waals surface area contributed by atoms with Crippen molar-refractivity contribution in [2.24, 2.45) is 11.7 Å². The molecule has 0 aliphatic heterocycles. The van der Waals surface area contributed by atoms with E-state index in [4.69, 9.17) is 15.6 Å². The van der Waals surface area contributed by atoms with Crippen LogP contribution < -0.4 is 15.8 Å². The van der Waals surface area contributed by atoms with E-state index in [9.17, 15) is 17.2 Å². The summed E-state index contributed by atoms with van der Waals surface area (Å²) in [7, 11) is -3.29. The number of nitrogens with zero attached hydrogens (tertiary/aromatic N) is 4. The number of sulfone groups is 1. The Balaban J connectivity index is 1.46. The number of nitrogens with one attached hydrogen (secondary N) is 1. The molecule has 1 saturated carbocycles. The molecule has 4 atom stereocenters. The SMILES string of the molecule is CC1CC(c2ccncc2Nc2ncc3ccc(-c4c(F)cc(OCCO)cc4F)nn23)CC(N)C1S(C)(=O)=O. The highest BCUT2D eigenvalue weighted by Gasteiger charge is 2.40. The summed E-state index contributed by atoms with van der Waals surface area (Å²) in [5, 5.41) is 16.0. The van der Waals surface area contributed by atoms with Crippen LogP contribution in [0.3, 0.4) is 0 Å². The van der Waals surface area contributed by atoms with Crippen LogP contribution in [0.5, 0.6) is 5.75 Å². The van der Waals surface area contributed by atoms with E-state index >= 15 is 0 Å². The van der Waals surface area contributed by atoms with Crippen LogP contribution in [0, 0.1) is 17.6 Å². The lowest BCUT2D eigenvalue weighted by atomic mass is 9.76. The van der Waals surface area contributed by atoms with Crippen molar-refractivity contribution in [3.63, 3.8) is 0 Å². The van der Waals surface area contributed by atoms with Gasteiger partial charge in [0.15, 0.2) is 9.84 Å². The van der Waals surface area contributed by atoms with E-state index in [-0.39, 0.29) is 42.1 Å². The average Bonchev–Trinajstić information content (AvgIpc) is 3.28. The first-order chi connectivity index (χ1) is 19.1. The van der Waals surface area contributed by atoms with Crippen molar-refractivity contribution in [2.75, 3.05) is 24.8 Å². The van der Waals surface area contributed by atoms with Crippen LogP contribution in [0.15, 0.2) is 48.9 Å². The lowest BCUT2D eigenvalue weighted by molar-refractivity contribution is 0.200. The molecule has 13 heteroatoms. The molecule has 0 saturated heterocycles. The molecule has 10 nitrogen and oxygen atoms in total. The van der Waals surface area contributed by atoms with Gasteiger partial charge in [0, 0.05) is 30.6 Å². The van der Waals surface area contributed by atoms with E-state index in [1.54, 1.807) is 24.7 Å². The van der Waals surface area contributed by atoms with Gasteiger partial charge in [-0.3, -0.25) is 4.98 Å². The number of hydrogen-bond acceptors (Lipinski definition) is 9. The van der Waals surface area contributed by atoms with Crippen molar-refractivity contribution < 1.29 is 27.0 Å². The third-order valence-electron chi connectivity index (χ3n) is 7.25. The zero-order valence-electron chi connectivity index (χ0n) is 22.0. The third kappa shape index (κ3) is 5.49. The molecule has 3 heterocycles. The molecule has 4 N–H and O–H groups in total. The second kappa shape index (κ2) is 11.1. The fraction of sp³-hybridized carbons (Fsp3) is 0.370. The van der Waals surface area contributed by atoms with Gasteiger partial charge in [0.05, 0.1) is 46.7 Å². The number of aliphatic hydroxyl groups is 1. The quantitative estimate of drug-likeness (QED) is 0.289. The maximum Gasteiger partial charge on any atom is 0.229 e. The number of rotatable bonds is 8. The molecule has 4 unspecified atom stereocenters. The zero-order valence-corrected chi connectivity index (χ0v) is 22.8. The Labute approximate surface area is 230 Å². The summed E-state index contributed by atoms with van der Waals surface area (Å²) in [5.41, 5.74) is 8.21. The molecule has 3 aromatic heterocycles. The Hall–Kier alpha value is -3.68. The monoisotopic (exact) mass is 572 g/mol. The number of pyridine rings is 1. The minimum Gasteiger partial charge on any atom is -0.491 e. The standard InChI is InChI=1S/C27H30F2N6O4S/c1-15-9-16(10-22(30)26(15)40(2,37)38)19-5-6-31-14-24(19)33-27-32-13-17-3-4-23(34-35(17)27)25-20(28)11-18(12-21(25)29)39-8-7-36/h3-6,11-16,22,26,36H,7-10,30H2,1-2H3,(H,32,33). The molecule has 1 aromatic carbocycles. The van der Waals surface area contributed by atoms with Crippen molar-refractivity contribution in [3.05, 3.63) is 66.1 Å². The second-order valence-corrected chi connectivity index (χ2v) is 12.4. The molecular weight excluding hydrogens is 542 g/mol. The molecule has 0 spiro atoms. The molecule has 0 radical (unpaired) electrons. The van der Waals surface area contributed by atoms with Gasteiger partial charge in [-0.2, -0.15) is 9.61 Å². The van der Waals surface area contributed by atoms with E-state index in [1.807, 2.05) is 13.0 Å². The van der Waals surface area contributed by atoms with Crippen LogP contribution in [-0.4, -0.2) is 63.9 Å². The molecular formula is C27H30F2N6O4S. The van der Waals surface area contributed by atoms with Gasteiger partial charge >= 0.3 is 0 Å². The number of imidazole rings is 1. The Morgan fingerprint density at radius 3 is 2.60 bits per heavy atom. The van der Waals surface area contributed by atoms with Gasteiger partial charge in [-0.15, -0.1) is 0 Å². The fourth-order valence-electron chi connectivity index (χ4n) is 5.69. The number of aliphatic hydroxyl groups excluding tert-OH is 1. The van der Waals surface area contributed by atoms with E-state index in [0.29, 0.717) is 30.0 Å². The molecule has 4 aromatic rings. The molecule has 0 amide bonds. The number of nitrogens with two attached hydrogens (primary N) is 1. The Morgan fingerprint density at radius 1 is 1.18 bits per heavy atom. The molecule has 1 aliphatic rings.